The number of aliphatic hydroxyl groups is 1. The van der Waals surface area contributed by atoms with Crippen molar-refractivity contribution in [1.82, 2.24) is 5.32 Å². The Kier molecular flexibility index (Phi) is 7.32. The summed E-state index contributed by atoms with van der Waals surface area (Å²) in [5.41, 5.74) is 1.11. The average molecular weight is 316 g/mol. The quantitative estimate of drug-likeness (QED) is 0.724. The van der Waals surface area contributed by atoms with Crippen molar-refractivity contribution in [2.75, 3.05) is 13.2 Å². The lowest BCUT2D eigenvalue weighted by Crippen LogP contribution is -2.18. The Hall–Kier alpha value is -0.580. The van der Waals surface area contributed by atoms with E-state index in [9.17, 15) is 5.11 Å². The van der Waals surface area contributed by atoms with Gasteiger partial charge in [-0.25, -0.2) is 0 Å². The number of ether oxygens (including phenoxy) is 1. The second-order valence-electron chi connectivity index (χ2n) is 4.30. The number of aliphatic hydroxyl groups excluding tert-OH is 1. The summed E-state index contributed by atoms with van der Waals surface area (Å²) in [6.45, 7) is 6.20. The Balaban J connectivity index is 2.63. The molecule has 1 aromatic rings. The van der Waals surface area contributed by atoms with E-state index >= 15 is 0 Å². The molecule has 0 aromatic heterocycles. The molecule has 1 rings (SSSR count). The van der Waals surface area contributed by atoms with Gasteiger partial charge in [0, 0.05) is 16.6 Å². The van der Waals surface area contributed by atoms with Crippen LogP contribution >= 0.6 is 15.9 Å². The van der Waals surface area contributed by atoms with Crippen LogP contribution in [-0.2, 0) is 6.54 Å². The summed E-state index contributed by atoms with van der Waals surface area (Å²) in [5, 5.41) is 12.9. The van der Waals surface area contributed by atoms with Crippen LogP contribution in [0.3, 0.4) is 0 Å². The van der Waals surface area contributed by atoms with E-state index in [4.69, 9.17) is 4.74 Å². The summed E-state index contributed by atoms with van der Waals surface area (Å²) in [6, 6.07) is 5.95. The molecule has 0 saturated heterocycles. The van der Waals surface area contributed by atoms with Crippen LogP contribution in [0.15, 0.2) is 22.7 Å². The number of halogens is 1. The second-order valence-corrected chi connectivity index (χ2v) is 5.22. The van der Waals surface area contributed by atoms with Gasteiger partial charge >= 0.3 is 0 Å². The van der Waals surface area contributed by atoms with Gasteiger partial charge in [-0.2, -0.15) is 0 Å². The summed E-state index contributed by atoms with van der Waals surface area (Å²) < 4.78 is 6.71. The highest BCUT2D eigenvalue weighted by Gasteiger charge is 2.07. The third-order valence-electron chi connectivity index (χ3n) is 2.67. The molecular formula is C14H22BrNO2. The first-order valence-corrected chi connectivity index (χ1v) is 7.26. The van der Waals surface area contributed by atoms with Gasteiger partial charge in [-0.1, -0.05) is 29.8 Å². The largest absolute Gasteiger partial charge is 0.491 e. The van der Waals surface area contributed by atoms with E-state index in [1.807, 2.05) is 19.1 Å². The minimum absolute atomic E-state index is 0.346. The fraction of sp³-hybridized carbons (Fsp3) is 0.571. The fourth-order valence-electron chi connectivity index (χ4n) is 1.53. The zero-order valence-electron chi connectivity index (χ0n) is 11.1. The van der Waals surface area contributed by atoms with Crippen molar-refractivity contribution in [3.8, 4) is 5.75 Å². The van der Waals surface area contributed by atoms with Crippen LogP contribution in [0.1, 0.15) is 32.3 Å². The molecule has 2 N–H and O–H groups in total. The van der Waals surface area contributed by atoms with Gasteiger partial charge < -0.3 is 15.2 Å². The Labute approximate surface area is 118 Å². The zero-order valence-corrected chi connectivity index (χ0v) is 12.7. The molecule has 0 aliphatic carbocycles. The third kappa shape index (κ3) is 5.38. The first kappa shape index (κ1) is 15.5. The van der Waals surface area contributed by atoms with Crippen molar-refractivity contribution < 1.29 is 9.84 Å². The molecule has 0 amide bonds. The topological polar surface area (TPSA) is 41.5 Å². The molecule has 102 valence electrons. The number of hydrogen-bond acceptors (Lipinski definition) is 3. The summed E-state index contributed by atoms with van der Waals surface area (Å²) >= 11 is 3.47. The molecular weight excluding hydrogens is 294 g/mol. The van der Waals surface area contributed by atoms with Crippen LogP contribution in [0.2, 0.25) is 0 Å². The highest BCUT2D eigenvalue weighted by molar-refractivity contribution is 9.10. The minimum atomic E-state index is -0.398. The van der Waals surface area contributed by atoms with Gasteiger partial charge in [-0.3, -0.25) is 0 Å². The molecule has 0 aliphatic heterocycles. The van der Waals surface area contributed by atoms with Gasteiger partial charge in [0.25, 0.3) is 0 Å². The van der Waals surface area contributed by atoms with E-state index in [2.05, 4.69) is 34.2 Å². The molecule has 1 unspecified atom stereocenters. The van der Waals surface area contributed by atoms with E-state index in [0.29, 0.717) is 13.0 Å². The maximum absolute atomic E-state index is 9.53. The molecule has 0 spiro atoms. The van der Waals surface area contributed by atoms with Gasteiger partial charge in [0.15, 0.2) is 0 Å². The highest BCUT2D eigenvalue weighted by atomic mass is 79.9. The lowest BCUT2D eigenvalue weighted by molar-refractivity contribution is 0.104. The smallest absolute Gasteiger partial charge is 0.124 e. The van der Waals surface area contributed by atoms with Crippen molar-refractivity contribution >= 4 is 15.9 Å². The lowest BCUT2D eigenvalue weighted by atomic mass is 10.2. The fourth-order valence-corrected chi connectivity index (χ4v) is 1.94. The first-order chi connectivity index (χ1) is 8.67. The van der Waals surface area contributed by atoms with Gasteiger partial charge in [0.1, 0.15) is 12.4 Å². The van der Waals surface area contributed by atoms with Crippen molar-refractivity contribution in [3.05, 3.63) is 28.2 Å². The van der Waals surface area contributed by atoms with E-state index < -0.39 is 6.10 Å². The SMILES string of the molecule is CCCNCc1cc(Br)ccc1OCC(O)CC. The van der Waals surface area contributed by atoms with Gasteiger partial charge in [0.05, 0.1) is 6.10 Å². The molecule has 0 heterocycles. The monoisotopic (exact) mass is 315 g/mol. The predicted octanol–water partition coefficient (Wildman–Crippen LogP) is 3.10. The van der Waals surface area contributed by atoms with Crippen LogP contribution in [0.4, 0.5) is 0 Å². The summed E-state index contributed by atoms with van der Waals surface area (Å²) in [7, 11) is 0. The van der Waals surface area contributed by atoms with Crippen molar-refractivity contribution in [1.29, 1.82) is 0 Å². The van der Waals surface area contributed by atoms with Crippen LogP contribution in [0.25, 0.3) is 0 Å². The first-order valence-electron chi connectivity index (χ1n) is 6.47. The molecule has 0 radical (unpaired) electrons. The van der Waals surface area contributed by atoms with Crippen molar-refractivity contribution in [3.63, 3.8) is 0 Å². The molecule has 0 aliphatic rings. The molecule has 3 nitrogen and oxygen atoms in total. The summed E-state index contributed by atoms with van der Waals surface area (Å²) in [4.78, 5) is 0. The Bertz CT molecular complexity index is 358. The molecule has 0 saturated carbocycles. The highest BCUT2D eigenvalue weighted by Crippen LogP contribution is 2.23. The Morgan fingerprint density at radius 1 is 1.39 bits per heavy atom. The van der Waals surface area contributed by atoms with Crippen LogP contribution < -0.4 is 10.1 Å². The Morgan fingerprint density at radius 2 is 2.17 bits per heavy atom. The standard InChI is InChI=1S/C14H22BrNO2/c1-3-7-16-9-11-8-12(15)5-6-14(11)18-10-13(17)4-2/h5-6,8,13,16-17H,3-4,7,9-10H2,1-2H3. The van der Waals surface area contributed by atoms with E-state index in [1.54, 1.807) is 0 Å². The predicted molar refractivity (Wildman–Crippen MR) is 77.9 cm³/mol. The molecule has 0 bridgehead atoms. The number of hydrogen-bond donors (Lipinski definition) is 2. The molecule has 1 atom stereocenters. The number of nitrogens with one attached hydrogen (secondary N) is 1. The average Bonchev–Trinajstić information content (AvgIpc) is 2.37. The molecule has 18 heavy (non-hydrogen) atoms. The van der Waals surface area contributed by atoms with E-state index in [-0.39, 0.29) is 0 Å². The van der Waals surface area contributed by atoms with Crippen molar-refractivity contribution in [2.24, 2.45) is 0 Å². The zero-order chi connectivity index (χ0) is 13.4. The number of benzene rings is 1. The maximum Gasteiger partial charge on any atom is 0.124 e. The summed E-state index contributed by atoms with van der Waals surface area (Å²) in [5.74, 6) is 0.842. The van der Waals surface area contributed by atoms with Gasteiger partial charge in [-0.05, 0) is 37.6 Å². The van der Waals surface area contributed by atoms with E-state index in [1.165, 1.54) is 0 Å². The lowest BCUT2D eigenvalue weighted by Gasteiger charge is -2.14. The third-order valence-corrected chi connectivity index (χ3v) is 3.16. The van der Waals surface area contributed by atoms with Crippen LogP contribution in [-0.4, -0.2) is 24.4 Å². The summed E-state index contributed by atoms with van der Waals surface area (Å²) in [6.07, 6.45) is 1.42. The van der Waals surface area contributed by atoms with Crippen LogP contribution in [0.5, 0.6) is 5.75 Å². The second kappa shape index (κ2) is 8.51. The normalized spacial score (nSPS) is 12.4. The Morgan fingerprint density at radius 3 is 2.83 bits per heavy atom. The van der Waals surface area contributed by atoms with E-state index in [0.717, 1.165) is 35.3 Å². The van der Waals surface area contributed by atoms with Gasteiger partial charge in [0.2, 0.25) is 0 Å². The van der Waals surface area contributed by atoms with Crippen molar-refractivity contribution in [2.45, 2.75) is 39.3 Å². The van der Waals surface area contributed by atoms with Crippen LogP contribution in [0, 0.1) is 0 Å². The molecule has 0 fully saturated rings. The molecule has 4 heteroatoms. The molecule has 1 aromatic carbocycles. The number of rotatable bonds is 8. The minimum Gasteiger partial charge on any atom is -0.491 e. The maximum atomic E-state index is 9.53. The van der Waals surface area contributed by atoms with Gasteiger partial charge in [-0.15, -0.1) is 0 Å².